The summed E-state index contributed by atoms with van der Waals surface area (Å²) in [7, 11) is 7.65. The zero-order valence-corrected chi connectivity index (χ0v) is 24.8. The number of carbonyl (C=O) groups excluding carboxylic acids is 1. The van der Waals surface area contributed by atoms with Crippen molar-refractivity contribution >= 4 is 52.8 Å². The Kier molecular flexibility index (Phi) is 7.65. The monoisotopic (exact) mass is 557 g/mol. The van der Waals surface area contributed by atoms with E-state index in [-0.39, 0.29) is 18.6 Å². The fraction of sp³-hybridized carbons (Fsp3) is 0.393. The molecule has 0 bridgehead atoms. The molecular formula is C28H34B3N3O5S. The van der Waals surface area contributed by atoms with Crippen molar-refractivity contribution in [3.63, 3.8) is 0 Å². The summed E-state index contributed by atoms with van der Waals surface area (Å²) in [6.07, 6.45) is 4.69. The van der Waals surface area contributed by atoms with Crippen molar-refractivity contribution < 1.29 is 24.2 Å². The van der Waals surface area contributed by atoms with Gasteiger partial charge in [-0.25, -0.2) is 4.68 Å². The molecule has 8 nitrogen and oxygen atoms in total. The number of rotatable bonds is 7. The van der Waals surface area contributed by atoms with Crippen LogP contribution in [0.25, 0.3) is 23.0 Å². The number of allylic oxidation sites excluding steroid dienone is 1. The number of thiophene rings is 1. The Hall–Kier alpha value is -3.40. The Morgan fingerprint density at radius 3 is 2.67 bits per heavy atom. The minimum absolute atomic E-state index is 0.186. The Balaban J connectivity index is 1.67. The van der Waals surface area contributed by atoms with Gasteiger partial charge >= 0.3 is 5.97 Å². The average molecular weight is 557 g/mol. The van der Waals surface area contributed by atoms with Gasteiger partial charge in [-0.2, -0.15) is 16.4 Å². The predicted molar refractivity (Wildman–Crippen MR) is 165 cm³/mol. The van der Waals surface area contributed by atoms with Crippen LogP contribution in [0.1, 0.15) is 61.1 Å². The fourth-order valence-electron chi connectivity index (χ4n) is 5.99. The van der Waals surface area contributed by atoms with Gasteiger partial charge in [0.2, 0.25) is 0 Å². The van der Waals surface area contributed by atoms with Crippen LogP contribution in [-0.4, -0.2) is 73.6 Å². The second kappa shape index (κ2) is 10.9. The lowest BCUT2D eigenvalue weighted by Crippen LogP contribution is -2.59. The van der Waals surface area contributed by atoms with Crippen LogP contribution in [0, 0.1) is 5.92 Å². The number of methoxy groups -OCH3 is 1. The zero-order chi connectivity index (χ0) is 28.8. The highest BCUT2D eigenvalue weighted by Crippen LogP contribution is 2.44. The number of carboxylic acids is 1. The molecule has 40 heavy (non-hydrogen) atoms. The number of fused-ring (bicyclic) bond motifs is 3. The number of aliphatic carboxylic acids is 1. The molecule has 1 aromatic carbocycles. The minimum atomic E-state index is -0.794. The van der Waals surface area contributed by atoms with Gasteiger partial charge in [0.25, 0.3) is 5.91 Å². The maximum Gasteiger partial charge on any atom is 0.306 e. The van der Waals surface area contributed by atoms with Gasteiger partial charge in [-0.3, -0.25) is 9.59 Å². The standard InChI is InChI=1S/C28H34B3N3O5S/c1-15(2)9-17-11-20-23(12-22(17)38-3)39-13-21-24(32-34(25(20)21)19-7-8-40-14-19)26(35)33(28(29,30)31)18-6-4-5-16(10-18)27(36)37/h7-9,11-12,14,16,18H,4-6,10,13,29-31H2,1-3H3,(H,36,37)/t16-,18+/m0/s1. The van der Waals surface area contributed by atoms with Crippen molar-refractivity contribution in [3.05, 3.63) is 51.4 Å². The van der Waals surface area contributed by atoms with E-state index in [9.17, 15) is 14.7 Å². The summed E-state index contributed by atoms with van der Waals surface area (Å²) < 4.78 is 13.7. The molecule has 3 aromatic rings. The second-order valence-corrected chi connectivity index (χ2v) is 12.7. The Bertz CT molecular complexity index is 1480. The fourth-order valence-corrected chi connectivity index (χ4v) is 6.60. The third-order valence-electron chi connectivity index (χ3n) is 7.64. The molecule has 0 radical (unpaired) electrons. The second-order valence-electron chi connectivity index (χ2n) is 11.9. The SMILES string of the molecule is BC(B)(B)N(C(=O)c1nn(-c2ccsc2)c2c1COc1cc(OC)c(C=C(C)C)cc1-2)[C@@H]1CCC[C@H](C(=O)O)C1. The Morgan fingerprint density at radius 1 is 1.27 bits per heavy atom. The first-order valence-corrected chi connectivity index (χ1v) is 14.6. The van der Waals surface area contributed by atoms with Crippen LogP contribution in [-0.2, 0) is 11.4 Å². The van der Waals surface area contributed by atoms with Gasteiger partial charge in [0, 0.05) is 34.2 Å². The van der Waals surface area contributed by atoms with Crippen molar-refractivity contribution in [2.45, 2.75) is 57.4 Å². The molecule has 1 aliphatic heterocycles. The molecule has 1 amide bonds. The zero-order valence-electron chi connectivity index (χ0n) is 24.0. The number of amides is 1. The first-order chi connectivity index (χ1) is 19.0. The first-order valence-electron chi connectivity index (χ1n) is 13.7. The van der Waals surface area contributed by atoms with Crippen molar-refractivity contribution in [2.24, 2.45) is 5.92 Å². The molecule has 2 aliphatic rings. The summed E-state index contributed by atoms with van der Waals surface area (Å²) in [4.78, 5) is 28.2. The van der Waals surface area contributed by atoms with Gasteiger partial charge in [-0.1, -0.05) is 18.1 Å². The van der Waals surface area contributed by atoms with E-state index in [2.05, 4.69) is 6.08 Å². The van der Waals surface area contributed by atoms with E-state index in [0.29, 0.717) is 30.0 Å². The normalized spacial score (nSPS) is 18.2. The molecule has 2 aromatic heterocycles. The number of nitrogens with zero attached hydrogens (tertiary/aromatic N) is 3. The third kappa shape index (κ3) is 5.21. The number of carbonyl (C=O) groups is 2. The number of hydrogen-bond donors (Lipinski definition) is 1. The molecule has 5 rings (SSSR count). The molecule has 1 aliphatic carbocycles. The van der Waals surface area contributed by atoms with E-state index in [0.717, 1.165) is 46.5 Å². The van der Waals surface area contributed by atoms with E-state index in [1.807, 2.05) is 75.9 Å². The van der Waals surface area contributed by atoms with E-state index in [1.54, 1.807) is 18.4 Å². The lowest BCUT2D eigenvalue weighted by atomic mass is 9.47. The Morgan fingerprint density at radius 2 is 2.05 bits per heavy atom. The van der Waals surface area contributed by atoms with Crippen LogP contribution in [0.2, 0.25) is 0 Å². The Labute approximate surface area is 241 Å². The lowest BCUT2D eigenvalue weighted by molar-refractivity contribution is -0.143. The maximum absolute atomic E-state index is 14.5. The summed E-state index contributed by atoms with van der Waals surface area (Å²) in [5.74, 6) is -0.0515. The number of carboxylic acid groups (broad SMARTS) is 1. The van der Waals surface area contributed by atoms with E-state index < -0.39 is 17.1 Å². The molecule has 12 heteroatoms. The van der Waals surface area contributed by atoms with Crippen molar-refractivity contribution in [1.82, 2.24) is 14.7 Å². The molecule has 0 spiro atoms. The topological polar surface area (TPSA) is 93.9 Å². The molecule has 3 heterocycles. The van der Waals surface area contributed by atoms with Crippen LogP contribution in [0.5, 0.6) is 11.5 Å². The molecule has 1 fully saturated rings. The highest BCUT2D eigenvalue weighted by Gasteiger charge is 2.41. The van der Waals surface area contributed by atoms with Gasteiger partial charge in [-0.05, 0) is 55.9 Å². The number of benzene rings is 1. The summed E-state index contributed by atoms with van der Waals surface area (Å²) >= 11 is 1.57. The largest absolute Gasteiger partial charge is 0.496 e. The molecular weight excluding hydrogens is 523 g/mol. The third-order valence-corrected chi connectivity index (χ3v) is 8.31. The molecule has 0 saturated heterocycles. The first kappa shape index (κ1) is 28.1. The lowest BCUT2D eigenvalue weighted by Gasteiger charge is -2.45. The maximum atomic E-state index is 14.5. The van der Waals surface area contributed by atoms with Gasteiger partial charge in [0.05, 0.1) is 24.4 Å². The average Bonchev–Trinajstić information content (AvgIpc) is 3.55. The van der Waals surface area contributed by atoms with Crippen molar-refractivity contribution in [2.75, 3.05) is 7.11 Å². The van der Waals surface area contributed by atoms with Gasteiger partial charge in [-0.15, -0.1) is 0 Å². The van der Waals surface area contributed by atoms with E-state index in [4.69, 9.17) is 14.6 Å². The highest BCUT2D eigenvalue weighted by atomic mass is 32.1. The van der Waals surface area contributed by atoms with Gasteiger partial charge < -0.3 is 19.5 Å². The van der Waals surface area contributed by atoms with Crippen LogP contribution < -0.4 is 9.47 Å². The van der Waals surface area contributed by atoms with Crippen molar-refractivity contribution in [1.29, 1.82) is 0 Å². The van der Waals surface area contributed by atoms with Crippen molar-refractivity contribution in [3.8, 4) is 28.4 Å². The molecule has 1 N–H and O–H groups in total. The smallest absolute Gasteiger partial charge is 0.306 e. The summed E-state index contributed by atoms with van der Waals surface area (Å²) in [5.41, 5.74) is 5.68. The van der Waals surface area contributed by atoms with E-state index in [1.165, 1.54) is 0 Å². The van der Waals surface area contributed by atoms with E-state index >= 15 is 0 Å². The molecule has 0 unspecified atom stereocenters. The molecule has 1 saturated carbocycles. The number of hydrogen-bond acceptors (Lipinski definition) is 6. The van der Waals surface area contributed by atoms with Gasteiger partial charge in [0.15, 0.2) is 5.69 Å². The summed E-state index contributed by atoms with van der Waals surface area (Å²) in [6.45, 7) is 4.27. The highest BCUT2D eigenvalue weighted by molar-refractivity contribution is 7.08. The summed E-state index contributed by atoms with van der Waals surface area (Å²) in [6, 6.07) is 5.74. The predicted octanol–water partition coefficient (Wildman–Crippen LogP) is 2.52. The molecule has 206 valence electrons. The number of ether oxygens (including phenoxy) is 2. The number of aromatic nitrogens is 2. The van der Waals surface area contributed by atoms with Crippen LogP contribution in [0.4, 0.5) is 0 Å². The van der Waals surface area contributed by atoms with Crippen LogP contribution in [0.3, 0.4) is 0 Å². The van der Waals surface area contributed by atoms with Crippen LogP contribution >= 0.6 is 11.3 Å². The summed E-state index contributed by atoms with van der Waals surface area (Å²) in [5, 5.41) is 18.1. The van der Waals surface area contributed by atoms with Gasteiger partial charge in [0.1, 0.15) is 41.6 Å². The quantitative estimate of drug-likeness (QED) is 0.450. The minimum Gasteiger partial charge on any atom is -0.496 e. The van der Waals surface area contributed by atoms with Crippen LogP contribution in [0.15, 0.2) is 34.5 Å². The molecule has 2 atom stereocenters.